The van der Waals surface area contributed by atoms with Crippen LogP contribution >= 0.6 is 0 Å². The van der Waals surface area contributed by atoms with Crippen molar-refractivity contribution >= 4 is 5.91 Å². The lowest BCUT2D eigenvalue weighted by molar-refractivity contribution is -0.124. The van der Waals surface area contributed by atoms with Crippen molar-refractivity contribution in [1.29, 1.82) is 5.26 Å². The first-order valence-corrected chi connectivity index (χ1v) is 10.0. The van der Waals surface area contributed by atoms with E-state index in [1.54, 1.807) is 13.8 Å². The third-order valence-electron chi connectivity index (χ3n) is 5.60. The quantitative estimate of drug-likeness (QED) is 0.816. The zero-order valence-electron chi connectivity index (χ0n) is 17.2. The lowest BCUT2D eigenvalue weighted by atomic mass is 9.94. The fraction of sp³-hybridized carbons (Fsp3) is 0.435. The SMILES string of the molecule is Cc1ccc([C@@H]2OCCC[C@@H]2NC(=O)CCc2c(C)[nH]c(=O)c(C#N)c2C)cc1. The van der Waals surface area contributed by atoms with Crippen LogP contribution in [0.25, 0.3) is 0 Å². The predicted molar refractivity (Wildman–Crippen MR) is 111 cm³/mol. The molecule has 6 heteroatoms. The maximum Gasteiger partial charge on any atom is 0.266 e. The van der Waals surface area contributed by atoms with Gasteiger partial charge in [0.1, 0.15) is 17.7 Å². The van der Waals surface area contributed by atoms with E-state index < -0.39 is 0 Å². The standard InChI is InChI=1S/C23H27N3O3/c1-14-6-8-17(9-7-14)22-20(5-4-12-29-22)26-21(27)11-10-18-15(2)19(13-24)23(28)25-16(18)3/h6-9,20,22H,4-5,10-12H2,1-3H3,(H,25,28)(H,26,27)/t20-,22-/m0/s1. The molecule has 2 heterocycles. The van der Waals surface area contributed by atoms with Gasteiger partial charge < -0.3 is 15.0 Å². The molecule has 2 aromatic rings. The second kappa shape index (κ2) is 9.06. The molecule has 1 aliphatic rings. The number of amides is 1. The summed E-state index contributed by atoms with van der Waals surface area (Å²) in [6.07, 6.45) is 2.40. The average molecular weight is 393 g/mol. The number of nitrogens with zero attached hydrogens (tertiary/aromatic N) is 1. The highest BCUT2D eigenvalue weighted by Crippen LogP contribution is 2.29. The molecule has 0 aliphatic carbocycles. The summed E-state index contributed by atoms with van der Waals surface area (Å²) in [7, 11) is 0. The molecule has 0 bridgehead atoms. The Balaban J connectivity index is 1.68. The second-order valence-corrected chi connectivity index (χ2v) is 7.69. The Morgan fingerprint density at radius 3 is 2.69 bits per heavy atom. The summed E-state index contributed by atoms with van der Waals surface area (Å²) >= 11 is 0. The number of nitrogens with one attached hydrogen (secondary N) is 2. The van der Waals surface area contributed by atoms with Gasteiger partial charge in [0.25, 0.3) is 5.56 Å². The Morgan fingerprint density at radius 1 is 1.28 bits per heavy atom. The summed E-state index contributed by atoms with van der Waals surface area (Å²) in [5.41, 5.74) is 4.21. The van der Waals surface area contributed by atoms with E-state index in [-0.39, 0.29) is 35.6 Å². The van der Waals surface area contributed by atoms with Crippen molar-refractivity contribution in [2.75, 3.05) is 6.61 Å². The summed E-state index contributed by atoms with van der Waals surface area (Å²) in [4.78, 5) is 27.2. The number of H-pyrrole nitrogens is 1. The van der Waals surface area contributed by atoms with Crippen molar-refractivity contribution in [1.82, 2.24) is 10.3 Å². The number of aromatic amines is 1. The zero-order chi connectivity index (χ0) is 21.0. The van der Waals surface area contributed by atoms with E-state index in [2.05, 4.69) is 34.6 Å². The minimum atomic E-state index is -0.379. The number of hydrogen-bond acceptors (Lipinski definition) is 4. The molecule has 1 aromatic carbocycles. The molecule has 0 unspecified atom stereocenters. The highest BCUT2D eigenvalue weighted by molar-refractivity contribution is 5.76. The summed E-state index contributed by atoms with van der Waals surface area (Å²) in [6, 6.07) is 10.1. The Labute approximate surface area is 170 Å². The summed E-state index contributed by atoms with van der Waals surface area (Å²) < 4.78 is 5.97. The first-order valence-electron chi connectivity index (χ1n) is 10.0. The molecule has 1 aromatic heterocycles. The van der Waals surface area contributed by atoms with Crippen molar-refractivity contribution in [2.24, 2.45) is 0 Å². The third kappa shape index (κ3) is 4.75. The molecular formula is C23H27N3O3. The highest BCUT2D eigenvalue weighted by atomic mass is 16.5. The Kier molecular flexibility index (Phi) is 6.50. The van der Waals surface area contributed by atoms with E-state index in [1.165, 1.54) is 5.56 Å². The average Bonchev–Trinajstić information content (AvgIpc) is 2.69. The number of carbonyl (C=O) groups is 1. The number of hydrogen-bond donors (Lipinski definition) is 2. The van der Waals surface area contributed by atoms with Crippen molar-refractivity contribution in [2.45, 2.75) is 58.6 Å². The molecule has 0 radical (unpaired) electrons. The van der Waals surface area contributed by atoms with E-state index in [4.69, 9.17) is 4.74 Å². The minimum absolute atomic E-state index is 0.0545. The van der Waals surface area contributed by atoms with E-state index in [9.17, 15) is 14.9 Å². The highest BCUT2D eigenvalue weighted by Gasteiger charge is 2.28. The number of benzene rings is 1. The largest absolute Gasteiger partial charge is 0.371 e. The normalized spacial score (nSPS) is 18.8. The van der Waals surface area contributed by atoms with Crippen LogP contribution < -0.4 is 10.9 Å². The molecule has 3 rings (SSSR count). The van der Waals surface area contributed by atoms with Gasteiger partial charge in [0.05, 0.1) is 6.04 Å². The van der Waals surface area contributed by atoms with Gasteiger partial charge in [0.2, 0.25) is 5.91 Å². The number of rotatable bonds is 5. The van der Waals surface area contributed by atoms with Crippen LogP contribution in [0, 0.1) is 32.1 Å². The summed E-state index contributed by atoms with van der Waals surface area (Å²) in [5, 5.41) is 12.3. The lowest BCUT2D eigenvalue weighted by Crippen LogP contribution is -2.42. The third-order valence-corrected chi connectivity index (χ3v) is 5.60. The molecule has 2 atom stereocenters. The molecular weight excluding hydrogens is 366 g/mol. The van der Waals surface area contributed by atoms with Crippen molar-refractivity contribution in [3.8, 4) is 6.07 Å². The van der Waals surface area contributed by atoms with Crippen LogP contribution in [0.5, 0.6) is 0 Å². The summed E-state index contributed by atoms with van der Waals surface area (Å²) in [6.45, 7) is 6.29. The summed E-state index contributed by atoms with van der Waals surface area (Å²) in [5.74, 6) is -0.0545. The first kappa shape index (κ1) is 20.8. The number of ether oxygens (including phenoxy) is 1. The van der Waals surface area contributed by atoms with Gasteiger partial charge in [-0.2, -0.15) is 5.26 Å². The van der Waals surface area contributed by atoms with Gasteiger partial charge in [0.15, 0.2) is 0 Å². The van der Waals surface area contributed by atoms with Gasteiger partial charge in [-0.05, 0) is 56.7 Å². The van der Waals surface area contributed by atoms with Crippen LogP contribution in [-0.4, -0.2) is 23.5 Å². The van der Waals surface area contributed by atoms with E-state index in [0.717, 1.165) is 24.0 Å². The van der Waals surface area contributed by atoms with Crippen molar-refractivity contribution < 1.29 is 9.53 Å². The van der Waals surface area contributed by atoms with Gasteiger partial charge in [0, 0.05) is 18.7 Å². The second-order valence-electron chi connectivity index (χ2n) is 7.69. The molecule has 1 fully saturated rings. The van der Waals surface area contributed by atoms with Gasteiger partial charge in [-0.25, -0.2) is 0 Å². The van der Waals surface area contributed by atoms with Crippen LogP contribution in [0.2, 0.25) is 0 Å². The number of carbonyl (C=O) groups excluding carboxylic acids is 1. The van der Waals surface area contributed by atoms with Gasteiger partial charge in [-0.3, -0.25) is 9.59 Å². The lowest BCUT2D eigenvalue weighted by Gasteiger charge is -2.33. The molecule has 0 spiro atoms. The van der Waals surface area contributed by atoms with Crippen LogP contribution in [0.3, 0.4) is 0 Å². The molecule has 29 heavy (non-hydrogen) atoms. The van der Waals surface area contributed by atoms with E-state index in [1.807, 2.05) is 13.0 Å². The maximum absolute atomic E-state index is 12.7. The molecule has 152 valence electrons. The number of pyridine rings is 1. The molecule has 0 saturated carbocycles. The zero-order valence-corrected chi connectivity index (χ0v) is 17.2. The van der Waals surface area contributed by atoms with Crippen molar-refractivity contribution in [3.05, 3.63) is 68.1 Å². The fourth-order valence-corrected chi connectivity index (χ4v) is 3.95. The van der Waals surface area contributed by atoms with E-state index >= 15 is 0 Å². The number of aryl methyl sites for hydroxylation is 2. The Hall–Kier alpha value is -2.91. The van der Waals surface area contributed by atoms with E-state index in [0.29, 0.717) is 24.3 Å². The molecule has 6 nitrogen and oxygen atoms in total. The van der Waals surface area contributed by atoms with Crippen LogP contribution in [-0.2, 0) is 16.0 Å². The topological polar surface area (TPSA) is 95.0 Å². The van der Waals surface area contributed by atoms with Crippen molar-refractivity contribution in [3.63, 3.8) is 0 Å². The number of aromatic nitrogens is 1. The molecule has 1 saturated heterocycles. The van der Waals surface area contributed by atoms with Crippen LogP contribution in [0.15, 0.2) is 29.1 Å². The number of nitriles is 1. The molecule has 1 amide bonds. The Morgan fingerprint density at radius 2 is 2.00 bits per heavy atom. The molecule has 2 N–H and O–H groups in total. The van der Waals surface area contributed by atoms with Crippen LogP contribution in [0.1, 0.15) is 58.9 Å². The smallest absolute Gasteiger partial charge is 0.266 e. The van der Waals surface area contributed by atoms with Gasteiger partial charge in [-0.15, -0.1) is 0 Å². The van der Waals surface area contributed by atoms with Gasteiger partial charge >= 0.3 is 0 Å². The minimum Gasteiger partial charge on any atom is -0.371 e. The fourth-order valence-electron chi connectivity index (χ4n) is 3.95. The first-order chi connectivity index (χ1) is 13.9. The molecule has 1 aliphatic heterocycles. The van der Waals surface area contributed by atoms with Crippen LogP contribution in [0.4, 0.5) is 0 Å². The predicted octanol–water partition coefficient (Wildman–Crippen LogP) is 3.14. The monoisotopic (exact) mass is 393 g/mol. The van der Waals surface area contributed by atoms with Gasteiger partial charge in [-0.1, -0.05) is 29.8 Å². The maximum atomic E-state index is 12.7. The Bertz CT molecular complexity index is 986.